The van der Waals surface area contributed by atoms with Gasteiger partial charge in [0.15, 0.2) is 0 Å². The number of rotatable bonds is 6. The van der Waals surface area contributed by atoms with Crippen molar-refractivity contribution in [1.82, 2.24) is 19.4 Å². The van der Waals surface area contributed by atoms with Crippen LogP contribution >= 0.6 is 23.2 Å². The molecule has 2 heterocycles. The Hall–Kier alpha value is -3.09. The van der Waals surface area contributed by atoms with E-state index >= 15 is 0 Å². The van der Waals surface area contributed by atoms with E-state index in [4.69, 9.17) is 27.9 Å². The van der Waals surface area contributed by atoms with Gasteiger partial charge in [-0.05, 0) is 56.3 Å². The molecule has 0 saturated heterocycles. The molecule has 152 valence electrons. The zero-order chi connectivity index (χ0) is 21.1. The van der Waals surface area contributed by atoms with E-state index in [0.29, 0.717) is 16.7 Å². The molecule has 0 spiro atoms. The molecule has 0 radical (unpaired) electrons. The maximum Gasteiger partial charge on any atom is 0.141 e. The topological polar surface area (TPSA) is 57.2 Å². The second kappa shape index (κ2) is 8.73. The second-order valence-corrected chi connectivity index (χ2v) is 7.61. The molecule has 30 heavy (non-hydrogen) atoms. The van der Waals surface area contributed by atoms with Crippen LogP contribution in [0.25, 0.3) is 5.69 Å². The van der Waals surface area contributed by atoms with Gasteiger partial charge in [0.25, 0.3) is 0 Å². The van der Waals surface area contributed by atoms with Crippen molar-refractivity contribution >= 4 is 29.4 Å². The number of ether oxygens (including phenoxy) is 1. The average molecular weight is 440 g/mol. The van der Waals surface area contributed by atoms with Crippen molar-refractivity contribution in [3.05, 3.63) is 93.7 Å². The molecule has 4 rings (SSSR count). The number of nitrogens with zero attached hydrogens (tertiary/aromatic N) is 5. The monoisotopic (exact) mass is 439 g/mol. The summed E-state index contributed by atoms with van der Waals surface area (Å²) in [5, 5.41) is 13.0. The highest BCUT2D eigenvalue weighted by molar-refractivity contribution is 6.35. The maximum absolute atomic E-state index is 6.21. The minimum Gasteiger partial charge on any atom is -0.489 e. The van der Waals surface area contributed by atoms with Crippen LogP contribution in [0.4, 0.5) is 0 Å². The molecular weight excluding hydrogens is 421 g/mol. The Morgan fingerprint density at radius 3 is 2.43 bits per heavy atom. The fourth-order valence-corrected chi connectivity index (χ4v) is 3.65. The molecule has 2 aromatic carbocycles. The highest BCUT2D eigenvalue weighted by Crippen LogP contribution is 2.25. The van der Waals surface area contributed by atoms with Gasteiger partial charge in [0, 0.05) is 38.2 Å². The Labute approximate surface area is 184 Å². The van der Waals surface area contributed by atoms with Gasteiger partial charge in [0.1, 0.15) is 25.0 Å². The summed E-state index contributed by atoms with van der Waals surface area (Å²) in [6, 6.07) is 15.4. The lowest BCUT2D eigenvalue weighted by molar-refractivity contribution is 0.306. The normalized spacial score (nSPS) is 11.3. The van der Waals surface area contributed by atoms with Crippen LogP contribution < -0.4 is 4.74 Å². The SMILES string of the molecule is Cc1cc(/C=N/n2cnnc2)c(C)n1-c1ccc(OCc2ccc(Cl)cc2Cl)cc1. The van der Waals surface area contributed by atoms with Crippen LogP contribution in [0.2, 0.25) is 10.0 Å². The van der Waals surface area contributed by atoms with E-state index in [9.17, 15) is 0 Å². The van der Waals surface area contributed by atoms with Gasteiger partial charge in [0.05, 0.1) is 6.21 Å². The first kappa shape index (κ1) is 20.2. The molecule has 0 fully saturated rings. The molecular formula is C22H19Cl2N5O. The average Bonchev–Trinajstić information content (AvgIpc) is 3.34. The van der Waals surface area contributed by atoms with Crippen molar-refractivity contribution in [2.75, 3.05) is 0 Å². The van der Waals surface area contributed by atoms with E-state index in [-0.39, 0.29) is 0 Å². The minimum absolute atomic E-state index is 0.376. The van der Waals surface area contributed by atoms with Gasteiger partial charge < -0.3 is 9.30 Å². The maximum atomic E-state index is 6.21. The first-order valence-electron chi connectivity index (χ1n) is 9.26. The van der Waals surface area contributed by atoms with Crippen LogP contribution in [-0.2, 0) is 6.61 Å². The first-order chi connectivity index (χ1) is 14.5. The third-order valence-electron chi connectivity index (χ3n) is 4.71. The van der Waals surface area contributed by atoms with Gasteiger partial charge in [0.2, 0.25) is 0 Å². The molecule has 0 N–H and O–H groups in total. The van der Waals surface area contributed by atoms with Crippen molar-refractivity contribution in [2.45, 2.75) is 20.5 Å². The van der Waals surface area contributed by atoms with E-state index in [1.54, 1.807) is 35.7 Å². The first-order valence-corrected chi connectivity index (χ1v) is 10.0. The van der Waals surface area contributed by atoms with Crippen LogP contribution in [0, 0.1) is 13.8 Å². The molecule has 0 aliphatic carbocycles. The van der Waals surface area contributed by atoms with E-state index in [1.807, 2.05) is 30.3 Å². The summed E-state index contributed by atoms with van der Waals surface area (Å²) in [6.07, 6.45) is 4.90. The van der Waals surface area contributed by atoms with Gasteiger partial charge in [-0.25, -0.2) is 4.68 Å². The van der Waals surface area contributed by atoms with Crippen LogP contribution in [0.1, 0.15) is 22.5 Å². The van der Waals surface area contributed by atoms with E-state index in [0.717, 1.165) is 34.0 Å². The number of hydrogen-bond donors (Lipinski definition) is 0. The summed E-state index contributed by atoms with van der Waals surface area (Å²) in [4.78, 5) is 0. The lowest BCUT2D eigenvalue weighted by atomic mass is 10.2. The Balaban J connectivity index is 1.50. The third-order valence-corrected chi connectivity index (χ3v) is 5.30. The Kier molecular flexibility index (Phi) is 5.88. The number of benzene rings is 2. The highest BCUT2D eigenvalue weighted by atomic mass is 35.5. The van der Waals surface area contributed by atoms with Gasteiger partial charge in [-0.1, -0.05) is 29.3 Å². The largest absolute Gasteiger partial charge is 0.489 e. The third kappa shape index (κ3) is 4.40. The van der Waals surface area contributed by atoms with Crippen LogP contribution in [0.3, 0.4) is 0 Å². The highest BCUT2D eigenvalue weighted by Gasteiger charge is 2.10. The summed E-state index contributed by atoms with van der Waals surface area (Å²) < 4.78 is 9.61. The Morgan fingerprint density at radius 2 is 1.73 bits per heavy atom. The molecule has 0 atom stereocenters. The number of halogens is 2. The summed E-state index contributed by atoms with van der Waals surface area (Å²) in [5.41, 5.74) is 5.16. The smallest absolute Gasteiger partial charge is 0.141 e. The summed E-state index contributed by atoms with van der Waals surface area (Å²) in [5.74, 6) is 0.765. The van der Waals surface area contributed by atoms with Crippen LogP contribution in [-0.4, -0.2) is 25.7 Å². The zero-order valence-corrected chi connectivity index (χ0v) is 18.0. The molecule has 6 nitrogen and oxygen atoms in total. The molecule has 0 unspecified atom stereocenters. The van der Waals surface area contributed by atoms with Crippen molar-refractivity contribution in [3.63, 3.8) is 0 Å². The quantitative estimate of drug-likeness (QED) is 0.375. The molecule has 4 aromatic rings. The fourth-order valence-electron chi connectivity index (χ4n) is 3.19. The predicted octanol–water partition coefficient (Wildman–Crippen LogP) is 5.45. The summed E-state index contributed by atoms with van der Waals surface area (Å²) in [7, 11) is 0. The molecule has 2 aromatic heterocycles. The molecule has 0 amide bonds. The van der Waals surface area contributed by atoms with E-state index in [1.165, 1.54) is 0 Å². The van der Waals surface area contributed by atoms with Crippen LogP contribution in [0.5, 0.6) is 5.75 Å². The second-order valence-electron chi connectivity index (χ2n) is 6.77. The molecule has 0 saturated carbocycles. The van der Waals surface area contributed by atoms with Crippen molar-refractivity contribution in [1.29, 1.82) is 0 Å². The summed E-state index contributed by atoms with van der Waals surface area (Å²) in [6.45, 7) is 4.50. The number of hydrogen-bond acceptors (Lipinski definition) is 4. The van der Waals surface area contributed by atoms with Gasteiger partial charge in [-0.3, -0.25) is 0 Å². The molecule has 0 bridgehead atoms. The van der Waals surface area contributed by atoms with E-state index in [2.05, 4.69) is 39.8 Å². The Bertz CT molecular complexity index is 1180. The zero-order valence-electron chi connectivity index (χ0n) is 16.5. The van der Waals surface area contributed by atoms with E-state index < -0.39 is 0 Å². The number of aromatic nitrogens is 4. The minimum atomic E-state index is 0.376. The molecule has 8 heteroatoms. The van der Waals surface area contributed by atoms with Crippen molar-refractivity contribution in [3.8, 4) is 11.4 Å². The van der Waals surface area contributed by atoms with Crippen molar-refractivity contribution < 1.29 is 4.74 Å². The van der Waals surface area contributed by atoms with Gasteiger partial charge in [-0.15, -0.1) is 10.2 Å². The summed E-state index contributed by atoms with van der Waals surface area (Å²) >= 11 is 12.1. The van der Waals surface area contributed by atoms with Gasteiger partial charge >= 0.3 is 0 Å². The molecule has 0 aliphatic rings. The van der Waals surface area contributed by atoms with Crippen molar-refractivity contribution in [2.24, 2.45) is 5.10 Å². The van der Waals surface area contributed by atoms with Gasteiger partial charge in [-0.2, -0.15) is 5.10 Å². The van der Waals surface area contributed by atoms with Crippen LogP contribution in [0.15, 0.2) is 66.3 Å². The lowest BCUT2D eigenvalue weighted by Gasteiger charge is -2.12. The predicted molar refractivity (Wildman–Crippen MR) is 119 cm³/mol. The standard InChI is InChI=1S/C22H19Cl2N5O/c1-15-9-18(11-27-28-13-25-26-14-28)16(2)29(15)20-5-7-21(8-6-20)30-12-17-3-4-19(23)10-22(17)24/h3-11,13-14H,12H2,1-2H3/b27-11+. The Morgan fingerprint density at radius 1 is 1.00 bits per heavy atom. The molecule has 0 aliphatic heterocycles. The fraction of sp³-hybridized carbons (Fsp3) is 0.136. The lowest BCUT2D eigenvalue weighted by Crippen LogP contribution is -2.01. The number of aryl methyl sites for hydroxylation is 1.